The zero-order chi connectivity index (χ0) is 20.1. The van der Waals surface area contributed by atoms with E-state index in [0.717, 1.165) is 5.69 Å². The van der Waals surface area contributed by atoms with Gasteiger partial charge in [-0.2, -0.15) is 13.9 Å². The maximum atomic E-state index is 12.7. The van der Waals surface area contributed by atoms with Gasteiger partial charge in [-0.15, -0.1) is 0 Å². The Morgan fingerprint density at radius 2 is 2.04 bits per heavy atom. The molecule has 9 heteroatoms. The minimum Gasteiger partial charge on any atom is -0.490 e. The Balaban J connectivity index is 2.18. The summed E-state index contributed by atoms with van der Waals surface area (Å²) >= 11 is 3.42. The lowest BCUT2D eigenvalue weighted by Gasteiger charge is -2.18. The molecule has 27 heavy (non-hydrogen) atoms. The maximum absolute atomic E-state index is 12.7. The zero-order valence-electron chi connectivity index (χ0n) is 15.6. The van der Waals surface area contributed by atoms with Crippen LogP contribution in [0.25, 0.3) is 0 Å². The van der Waals surface area contributed by atoms with E-state index in [4.69, 9.17) is 4.74 Å². The maximum Gasteiger partial charge on any atom is 0.387 e. The second-order valence-electron chi connectivity index (χ2n) is 6.21. The molecule has 1 amide bonds. The number of benzene rings is 1. The van der Waals surface area contributed by atoms with E-state index >= 15 is 0 Å². The summed E-state index contributed by atoms with van der Waals surface area (Å²) < 4.78 is 35.5. The van der Waals surface area contributed by atoms with Gasteiger partial charge in [0.25, 0.3) is 5.91 Å². The molecule has 0 aliphatic heterocycles. The van der Waals surface area contributed by atoms with Gasteiger partial charge in [0.05, 0.1) is 16.8 Å². The van der Waals surface area contributed by atoms with Crippen molar-refractivity contribution in [2.45, 2.75) is 39.8 Å². The highest BCUT2D eigenvalue weighted by Gasteiger charge is 2.22. The van der Waals surface area contributed by atoms with Crippen LogP contribution in [0.15, 0.2) is 22.7 Å². The quantitative estimate of drug-likeness (QED) is 0.646. The third-order valence-electron chi connectivity index (χ3n) is 3.80. The smallest absolute Gasteiger partial charge is 0.387 e. The topological polar surface area (TPSA) is 67.5 Å². The number of amides is 1. The van der Waals surface area contributed by atoms with E-state index in [1.165, 1.54) is 11.0 Å². The van der Waals surface area contributed by atoms with Crippen LogP contribution in [0.2, 0.25) is 0 Å². The molecular weight excluding hydrogens is 424 g/mol. The summed E-state index contributed by atoms with van der Waals surface area (Å²) in [6, 6.07) is 4.61. The van der Waals surface area contributed by atoms with Crippen molar-refractivity contribution >= 4 is 21.8 Å². The Labute approximate surface area is 165 Å². The number of aromatic amines is 1. The normalized spacial score (nSPS) is 11.1. The number of H-pyrrole nitrogens is 1. The lowest BCUT2D eigenvalue weighted by Crippen LogP contribution is -2.27. The Kier molecular flexibility index (Phi) is 7.18. The second kappa shape index (κ2) is 9.16. The SMILES string of the molecule is CCOc1cc(CN(C)C(=O)c2n[nH]c(C(C)C)c2Br)ccc1OC(F)F. The van der Waals surface area contributed by atoms with Crippen molar-refractivity contribution in [1.29, 1.82) is 0 Å². The fourth-order valence-corrected chi connectivity index (χ4v) is 3.31. The number of halogens is 3. The molecule has 0 spiro atoms. The molecule has 148 valence electrons. The van der Waals surface area contributed by atoms with Crippen LogP contribution < -0.4 is 9.47 Å². The Morgan fingerprint density at radius 3 is 2.59 bits per heavy atom. The Bertz CT molecular complexity index is 796. The molecule has 2 aromatic rings. The van der Waals surface area contributed by atoms with Gasteiger partial charge in [-0.3, -0.25) is 9.89 Å². The predicted molar refractivity (Wildman–Crippen MR) is 100 cm³/mol. The Hall–Kier alpha value is -2.16. The average Bonchev–Trinajstić information content (AvgIpc) is 2.98. The largest absolute Gasteiger partial charge is 0.490 e. The average molecular weight is 446 g/mol. The van der Waals surface area contributed by atoms with E-state index < -0.39 is 6.61 Å². The van der Waals surface area contributed by atoms with Crippen molar-refractivity contribution in [3.63, 3.8) is 0 Å². The molecule has 1 N–H and O–H groups in total. The first kappa shape index (κ1) is 21.1. The van der Waals surface area contributed by atoms with E-state index in [1.54, 1.807) is 26.1 Å². The van der Waals surface area contributed by atoms with E-state index in [0.29, 0.717) is 22.3 Å². The number of carbonyl (C=O) groups excluding carboxylic acids is 1. The molecule has 0 saturated heterocycles. The van der Waals surface area contributed by atoms with Crippen LogP contribution in [-0.4, -0.2) is 41.3 Å². The summed E-state index contributed by atoms with van der Waals surface area (Å²) in [4.78, 5) is 14.2. The fraction of sp³-hybridized carbons (Fsp3) is 0.444. The van der Waals surface area contributed by atoms with Gasteiger partial charge in [-0.25, -0.2) is 0 Å². The number of hydrogen-bond acceptors (Lipinski definition) is 4. The van der Waals surface area contributed by atoms with Crippen LogP contribution in [0.3, 0.4) is 0 Å². The van der Waals surface area contributed by atoms with Crippen LogP contribution in [0.1, 0.15) is 48.4 Å². The minimum absolute atomic E-state index is 0.0406. The molecule has 2 rings (SSSR count). The number of hydrogen-bond donors (Lipinski definition) is 1. The van der Waals surface area contributed by atoms with Crippen molar-refractivity contribution in [2.24, 2.45) is 0 Å². The highest BCUT2D eigenvalue weighted by atomic mass is 79.9. The van der Waals surface area contributed by atoms with Crippen molar-refractivity contribution < 1.29 is 23.0 Å². The standard InChI is InChI=1S/C18H22BrF2N3O3/c1-5-26-13-8-11(6-7-12(13)27-18(20)21)9-24(4)17(25)16-14(19)15(10(2)3)22-23-16/h6-8,10,18H,5,9H2,1-4H3,(H,22,23). The van der Waals surface area contributed by atoms with E-state index in [9.17, 15) is 13.6 Å². The molecule has 0 atom stereocenters. The van der Waals surface area contributed by atoms with E-state index in [-0.39, 0.29) is 29.9 Å². The van der Waals surface area contributed by atoms with Gasteiger partial charge in [0.15, 0.2) is 17.2 Å². The minimum atomic E-state index is -2.94. The van der Waals surface area contributed by atoms with Gasteiger partial charge >= 0.3 is 6.61 Å². The summed E-state index contributed by atoms with van der Waals surface area (Å²) in [6.07, 6.45) is 0. The fourth-order valence-electron chi connectivity index (χ4n) is 2.51. The molecule has 1 heterocycles. The number of nitrogens with zero attached hydrogens (tertiary/aromatic N) is 2. The lowest BCUT2D eigenvalue weighted by molar-refractivity contribution is -0.0514. The van der Waals surface area contributed by atoms with Gasteiger partial charge in [-0.1, -0.05) is 19.9 Å². The molecule has 1 aromatic carbocycles. The van der Waals surface area contributed by atoms with Crippen molar-refractivity contribution in [3.8, 4) is 11.5 Å². The predicted octanol–water partition coefficient (Wildman–Crippen LogP) is 4.57. The summed E-state index contributed by atoms with van der Waals surface area (Å²) in [6.45, 7) is 3.35. The van der Waals surface area contributed by atoms with Crippen molar-refractivity contribution in [2.75, 3.05) is 13.7 Å². The first-order chi connectivity index (χ1) is 12.7. The van der Waals surface area contributed by atoms with Crippen LogP contribution in [0.5, 0.6) is 11.5 Å². The number of ether oxygens (including phenoxy) is 2. The van der Waals surface area contributed by atoms with E-state index in [1.807, 2.05) is 13.8 Å². The monoisotopic (exact) mass is 445 g/mol. The molecule has 0 bridgehead atoms. The highest BCUT2D eigenvalue weighted by molar-refractivity contribution is 9.10. The molecule has 6 nitrogen and oxygen atoms in total. The molecule has 0 unspecified atom stereocenters. The van der Waals surface area contributed by atoms with Crippen LogP contribution in [0, 0.1) is 0 Å². The van der Waals surface area contributed by atoms with Gasteiger partial charge in [0, 0.05) is 13.6 Å². The molecule has 0 aliphatic rings. The van der Waals surface area contributed by atoms with Crippen molar-refractivity contribution in [1.82, 2.24) is 15.1 Å². The molecule has 1 aromatic heterocycles. The third-order valence-corrected chi connectivity index (χ3v) is 4.61. The molecular formula is C18H22BrF2N3O3. The van der Waals surface area contributed by atoms with Gasteiger partial charge in [0.1, 0.15) is 0 Å². The van der Waals surface area contributed by atoms with Crippen molar-refractivity contribution in [3.05, 3.63) is 39.6 Å². The lowest BCUT2D eigenvalue weighted by atomic mass is 10.1. The summed E-state index contributed by atoms with van der Waals surface area (Å²) in [7, 11) is 1.64. The first-order valence-electron chi connectivity index (χ1n) is 8.44. The van der Waals surface area contributed by atoms with E-state index in [2.05, 4.69) is 30.9 Å². The van der Waals surface area contributed by atoms with Gasteiger partial charge in [0.2, 0.25) is 0 Å². The first-order valence-corrected chi connectivity index (χ1v) is 9.23. The number of rotatable bonds is 8. The molecule has 0 saturated carbocycles. The molecule has 0 fully saturated rings. The van der Waals surface area contributed by atoms with Crippen LogP contribution in [0.4, 0.5) is 8.78 Å². The third kappa shape index (κ3) is 5.18. The second-order valence-corrected chi connectivity index (χ2v) is 7.00. The Morgan fingerprint density at radius 1 is 1.33 bits per heavy atom. The van der Waals surface area contributed by atoms with Gasteiger partial charge < -0.3 is 14.4 Å². The summed E-state index contributed by atoms with van der Waals surface area (Å²) in [5.41, 5.74) is 1.86. The highest BCUT2D eigenvalue weighted by Crippen LogP contribution is 2.31. The molecule has 0 radical (unpaired) electrons. The zero-order valence-corrected chi connectivity index (χ0v) is 17.1. The summed E-state index contributed by atoms with van der Waals surface area (Å²) in [5.74, 6) is 0.0890. The number of carbonyl (C=O) groups is 1. The number of nitrogens with one attached hydrogen (secondary N) is 1. The van der Waals surface area contributed by atoms with Gasteiger partial charge in [-0.05, 0) is 46.5 Å². The number of aromatic nitrogens is 2. The molecule has 0 aliphatic carbocycles. The number of alkyl halides is 2. The van der Waals surface area contributed by atoms with Crippen LogP contribution >= 0.6 is 15.9 Å². The summed E-state index contributed by atoms with van der Waals surface area (Å²) in [5, 5.41) is 6.97. The van der Waals surface area contributed by atoms with Crippen LogP contribution in [-0.2, 0) is 6.54 Å².